The van der Waals surface area contributed by atoms with E-state index in [-0.39, 0.29) is 5.15 Å². The van der Waals surface area contributed by atoms with Crippen molar-refractivity contribution >= 4 is 23.7 Å². The standard InChI is InChI=1S/C10H12ClN3O/c1-2-6-3-8(6)14-10-7(4-15)9(11)12-5-13-10/h4-6,8H,2-3H2,1H3,(H,12,13,14). The van der Waals surface area contributed by atoms with Crippen molar-refractivity contribution in [3.05, 3.63) is 17.0 Å². The van der Waals surface area contributed by atoms with E-state index in [2.05, 4.69) is 22.2 Å². The third kappa shape index (κ3) is 2.09. The molecule has 2 unspecified atom stereocenters. The summed E-state index contributed by atoms with van der Waals surface area (Å²) < 4.78 is 0. The van der Waals surface area contributed by atoms with Crippen LogP contribution in [0.1, 0.15) is 30.1 Å². The predicted octanol–water partition coefficient (Wildman–Crippen LogP) is 2.15. The lowest BCUT2D eigenvalue weighted by Gasteiger charge is -2.06. The van der Waals surface area contributed by atoms with Crippen LogP contribution < -0.4 is 5.32 Å². The summed E-state index contributed by atoms with van der Waals surface area (Å²) in [5.74, 6) is 1.24. The molecule has 1 aromatic heterocycles. The van der Waals surface area contributed by atoms with Gasteiger partial charge < -0.3 is 5.32 Å². The van der Waals surface area contributed by atoms with Gasteiger partial charge in [-0.25, -0.2) is 9.97 Å². The van der Waals surface area contributed by atoms with Crippen LogP contribution in [0.5, 0.6) is 0 Å². The molecule has 1 aliphatic carbocycles. The third-order valence-corrected chi connectivity index (χ3v) is 3.02. The maximum Gasteiger partial charge on any atom is 0.156 e. The van der Waals surface area contributed by atoms with E-state index in [1.807, 2.05) is 0 Å². The van der Waals surface area contributed by atoms with Gasteiger partial charge >= 0.3 is 0 Å². The van der Waals surface area contributed by atoms with Crippen LogP contribution in [0.25, 0.3) is 0 Å². The van der Waals surface area contributed by atoms with Gasteiger partial charge in [0.2, 0.25) is 0 Å². The molecule has 0 aliphatic heterocycles. The van der Waals surface area contributed by atoms with Crippen molar-refractivity contribution in [2.75, 3.05) is 5.32 Å². The van der Waals surface area contributed by atoms with Crippen molar-refractivity contribution in [2.24, 2.45) is 5.92 Å². The zero-order valence-electron chi connectivity index (χ0n) is 8.40. The normalized spacial score (nSPS) is 23.6. The van der Waals surface area contributed by atoms with Crippen LogP contribution in [0.2, 0.25) is 5.15 Å². The summed E-state index contributed by atoms with van der Waals surface area (Å²) in [6, 6.07) is 0.430. The number of rotatable bonds is 4. The Balaban J connectivity index is 2.14. The second-order valence-corrected chi connectivity index (χ2v) is 4.06. The molecule has 2 atom stereocenters. The minimum Gasteiger partial charge on any atom is -0.366 e. The summed E-state index contributed by atoms with van der Waals surface area (Å²) in [5, 5.41) is 3.42. The first kappa shape index (κ1) is 10.4. The summed E-state index contributed by atoms with van der Waals surface area (Å²) in [6.07, 6.45) is 4.33. The molecule has 0 bridgehead atoms. The molecule has 0 aromatic carbocycles. The lowest BCUT2D eigenvalue weighted by atomic mass is 10.3. The van der Waals surface area contributed by atoms with Crippen LogP contribution in [0.3, 0.4) is 0 Å². The van der Waals surface area contributed by atoms with Crippen LogP contribution in [0.4, 0.5) is 5.82 Å². The second-order valence-electron chi connectivity index (χ2n) is 3.70. The molecule has 0 saturated heterocycles. The van der Waals surface area contributed by atoms with Gasteiger partial charge in [-0.05, 0) is 12.3 Å². The third-order valence-electron chi connectivity index (χ3n) is 2.72. The lowest BCUT2D eigenvalue weighted by Crippen LogP contribution is -2.09. The zero-order valence-corrected chi connectivity index (χ0v) is 9.16. The number of hydrogen-bond donors (Lipinski definition) is 1. The zero-order chi connectivity index (χ0) is 10.8. The summed E-state index contributed by atoms with van der Waals surface area (Å²) in [7, 11) is 0. The summed E-state index contributed by atoms with van der Waals surface area (Å²) in [5.41, 5.74) is 0.348. The van der Waals surface area contributed by atoms with Gasteiger partial charge in [-0.1, -0.05) is 24.9 Å². The molecule has 4 nitrogen and oxygen atoms in total. The van der Waals surface area contributed by atoms with Crippen LogP contribution in [0.15, 0.2) is 6.33 Å². The number of nitrogens with one attached hydrogen (secondary N) is 1. The largest absolute Gasteiger partial charge is 0.366 e. The molecule has 0 amide bonds. The smallest absolute Gasteiger partial charge is 0.156 e. The number of hydrogen-bond acceptors (Lipinski definition) is 4. The van der Waals surface area contributed by atoms with Gasteiger partial charge in [-0.3, -0.25) is 4.79 Å². The van der Waals surface area contributed by atoms with Crippen molar-refractivity contribution in [1.29, 1.82) is 0 Å². The van der Waals surface area contributed by atoms with E-state index in [1.54, 1.807) is 0 Å². The summed E-state index contributed by atoms with van der Waals surface area (Å²) in [4.78, 5) is 18.6. The Labute approximate surface area is 93.1 Å². The monoisotopic (exact) mass is 225 g/mol. The molecule has 5 heteroatoms. The van der Waals surface area contributed by atoms with E-state index >= 15 is 0 Å². The van der Waals surface area contributed by atoms with Crippen molar-refractivity contribution in [3.8, 4) is 0 Å². The van der Waals surface area contributed by atoms with Gasteiger partial charge in [-0.15, -0.1) is 0 Å². The Hall–Kier alpha value is -1.16. The Kier molecular flexibility index (Phi) is 2.86. The quantitative estimate of drug-likeness (QED) is 0.630. The van der Waals surface area contributed by atoms with Gasteiger partial charge in [0.1, 0.15) is 17.3 Å². The molecule has 1 N–H and O–H groups in total. The average molecular weight is 226 g/mol. The molecule has 1 heterocycles. The number of nitrogens with zero attached hydrogens (tertiary/aromatic N) is 2. The highest BCUT2D eigenvalue weighted by molar-refractivity contribution is 6.32. The fourth-order valence-corrected chi connectivity index (χ4v) is 1.82. The lowest BCUT2D eigenvalue weighted by molar-refractivity contribution is 0.112. The Morgan fingerprint density at radius 1 is 1.67 bits per heavy atom. The molecule has 1 fully saturated rings. The highest BCUT2D eigenvalue weighted by Gasteiger charge is 2.35. The van der Waals surface area contributed by atoms with Crippen LogP contribution in [0, 0.1) is 5.92 Å². The van der Waals surface area contributed by atoms with Crippen LogP contribution in [-0.4, -0.2) is 22.3 Å². The molecule has 80 valence electrons. The number of carbonyl (C=O) groups excluding carboxylic acids is 1. The molecule has 1 saturated carbocycles. The van der Waals surface area contributed by atoms with E-state index in [9.17, 15) is 4.79 Å². The van der Waals surface area contributed by atoms with Gasteiger partial charge in [0.25, 0.3) is 0 Å². The molecule has 1 aromatic rings. The molecule has 2 rings (SSSR count). The van der Waals surface area contributed by atoms with Gasteiger partial charge in [0.05, 0.1) is 5.56 Å². The van der Waals surface area contributed by atoms with Crippen molar-refractivity contribution < 1.29 is 4.79 Å². The average Bonchev–Trinajstić information content (AvgIpc) is 2.97. The summed E-state index contributed by atoms with van der Waals surface area (Å²) in [6.45, 7) is 2.15. The summed E-state index contributed by atoms with van der Waals surface area (Å²) >= 11 is 5.78. The highest BCUT2D eigenvalue weighted by Crippen LogP contribution is 2.36. The van der Waals surface area contributed by atoms with Crippen molar-refractivity contribution in [3.63, 3.8) is 0 Å². The first-order valence-electron chi connectivity index (χ1n) is 4.98. The number of aromatic nitrogens is 2. The number of halogens is 1. The fourth-order valence-electron chi connectivity index (χ4n) is 1.64. The first-order valence-corrected chi connectivity index (χ1v) is 5.36. The number of carbonyl (C=O) groups is 1. The topological polar surface area (TPSA) is 54.9 Å². The van der Waals surface area contributed by atoms with Crippen molar-refractivity contribution in [1.82, 2.24) is 9.97 Å². The molecular weight excluding hydrogens is 214 g/mol. The molecule has 15 heavy (non-hydrogen) atoms. The van der Waals surface area contributed by atoms with Gasteiger partial charge in [-0.2, -0.15) is 0 Å². The molecule has 0 radical (unpaired) electrons. The van der Waals surface area contributed by atoms with E-state index in [4.69, 9.17) is 11.6 Å². The van der Waals surface area contributed by atoms with Crippen molar-refractivity contribution in [2.45, 2.75) is 25.8 Å². The highest BCUT2D eigenvalue weighted by atomic mass is 35.5. The van der Waals surface area contributed by atoms with Gasteiger partial charge in [0.15, 0.2) is 6.29 Å². The molecular formula is C10H12ClN3O. The Bertz CT molecular complexity index is 383. The maximum absolute atomic E-state index is 10.8. The minimum atomic E-state index is 0.205. The SMILES string of the molecule is CCC1CC1Nc1ncnc(Cl)c1C=O. The fraction of sp³-hybridized carbons (Fsp3) is 0.500. The van der Waals surface area contributed by atoms with E-state index in [0.717, 1.165) is 12.8 Å². The van der Waals surface area contributed by atoms with Gasteiger partial charge in [0, 0.05) is 6.04 Å². The first-order chi connectivity index (χ1) is 7.26. The number of anilines is 1. The Morgan fingerprint density at radius 3 is 3.07 bits per heavy atom. The Morgan fingerprint density at radius 2 is 2.47 bits per heavy atom. The van der Waals surface area contributed by atoms with E-state index in [1.165, 1.54) is 6.33 Å². The maximum atomic E-state index is 10.8. The van der Waals surface area contributed by atoms with E-state index in [0.29, 0.717) is 29.6 Å². The van der Waals surface area contributed by atoms with Crippen LogP contribution in [-0.2, 0) is 0 Å². The second kappa shape index (κ2) is 4.14. The number of aldehydes is 1. The van der Waals surface area contributed by atoms with Crippen LogP contribution >= 0.6 is 11.6 Å². The minimum absolute atomic E-state index is 0.205. The molecule has 1 aliphatic rings. The molecule has 0 spiro atoms. The predicted molar refractivity (Wildman–Crippen MR) is 58.2 cm³/mol. The van der Waals surface area contributed by atoms with E-state index < -0.39 is 0 Å².